The fourth-order valence-corrected chi connectivity index (χ4v) is 3.92. The zero-order chi connectivity index (χ0) is 16.5. The predicted molar refractivity (Wildman–Crippen MR) is 72.2 cm³/mol. The van der Waals surface area contributed by atoms with E-state index in [0.717, 1.165) is 12.3 Å². The van der Waals surface area contributed by atoms with Crippen LogP contribution in [0.1, 0.15) is 12.0 Å². The maximum atomic E-state index is 12.5. The first kappa shape index (κ1) is 17.8. The van der Waals surface area contributed by atoms with Gasteiger partial charge >= 0.3 is 6.18 Å². The first-order valence-corrected chi connectivity index (χ1v) is 9.41. The van der Waals surface area contributed by atoms with Gasteiger partial charge in [0, 0.05) is 6.26 Å². The molecule has 0 aliphatic heterocycles. The van der Waals surface area contributed by atoms with Crippen LogP contribution in [0.25, 0.3) is 0 Å². The molecule has 0 radical (unpaired) electrons. The first-order valence-electron chi connectivity index (χ1n) is 5.70. The number of nitrogens with two attached hydrogens (primary N) is 1. The minimum absolute atomic E-state index is 0.151. The number of halogens is 3. The molecule has 1 rings (SSSR count). The predicted octanol–water partition coefficient (Wildman–Crippen LogP) is 1.50. The van der Waals surface area contributed by atoms with Crippen LogP contribution in [0.4, 0.5) is 18.9 Å². The molecule has 2 N–H and O–H groups in total. The summed E-state index contributed by atoms with van der Waals surface area (Å²) in [6.07, 6.45) is -3.81. The summed E-state index contributed by atoms with van der Waals surface area (Å²) in [7, 11) is -7.24. The van der Waals surface area contributed by atoms with E-state index in [9.17, 15) is 30.0 Å². The minimum Gasteiger partial charge on any atom is -0.398 e. The molecule has 10 heteroatoms. The van der Waals surface area contributed by atoms with Crippen LogP contribution in [0.3, 0.4) is 0 Å². The van der Waals surface area contributed by atoms with E-state index in [1.165, 1.54) is 0 Å². The van der Waals surface area contributed by atoms with Crippen molar-refractivity contribution in [1.29, 1.82) is 0 Å². The van der Waals surface area contributed by atoms with Crippen molar-refractivity contribution in [3.8, 4) is 0 Å². The van der Waals surface area contributed by atoms with Crippen molar-refractivity contribution in [3.05, 3.63) is 23.8 Å². The fraction of sp³-hybridized carbons (Fsp3) is 0.455. The maximum absolute atomic E-state index is 12.5. The van der Waals surface area contributed by atoms with Crippen LogP contribution in [0.2, 0.25) is 0 Å². The molecule has 0 unspecified atom stereocenters. The summed E-state index contributed by atoms with van der Waals surface area (Å²) in [6.45, 7) is 0. The molecule has 1 aromatic carbocycles. The van der Waals surface area contributed by atoms with Gasteiger partial charge in [0.15, 0.2) is 9.84 Å². The molecule has 21 heavy (non-hydrogen) atoms. The van der Waals surface area contributed by atoms with Crippen molar-refractivity contribution in [2.24, 2.45) is 0 Å². The Morgan fingerprint density at radius 1 is 1.10 bits per heavy atom. The monoisotopic (exact) mass is 345 g/mol. The fourth-order valence-electron chi connectivity index (χ4n) is 1.63. The molecule has 0 aliphatic carbocycles. The number of hydrogen-bond donors (Lipinski definition) is 1. The summed E-state index contributed by atoms with van der Waals surface area (Å²) < 4.78 is 83.1. The number of hydrogen-bond acceptors (Lipinski definition) is 5. The van der Waals surface area contributed by atoms with Gasteiger partial charge in [0.25, 0.3) is 0 Å². The maximum Gasteiger partial charge on any atom is 0.416 e. The first-order chi connectivity index (χ1) is 9.33. The van der Waals surface area contributed by atoms with E-state index in [1.807, 2.05) is 0 Å². The smallest absolute Gasteiger partial charge is 0.398 e. The molecule has 0 saturated heterocycles. The van der Waals surface area contributed by atoms with Crippen LogP contribution in [0.15, 0.2) is 23.1 Å². The highest BCUT2D eigenvalue weighted by atomic mass is 32.2. The van der Waals surface area contributed by atoms with E-state index in [1.54, 1.807) is 0 Å². The number of nitrogen functional groups attached to an aromatic ring is 1. The molecule has 120 valence electrons. The number of rotatable bonds is 5. The number of alkyl halides is 3. The molecule has 0 spiro atoms. The Bertz CT molecular complexity index is 724. The van der Waals surface area contributed by atoms with Gasteiger partial charge in [-0.3, -0.25) is 0 Å². The van der Waals surface area contributed by atoms with Gasteiger partial charge in [0.2, 0.25) is 0 Å². The molecule has 1 aromatic rings. The lowest BCUT2D eigenvalue weighted by atomic mass is 10.2. The van der Waals surface area contributed by atoms with Gasteiger partial charge in [-0.2, -0.15) is 13.2 Å². The van der Waals surface area contributed by atoms with Gasteiger partial charge in [-0.15, -0.1) is 0 Å². The second-order valence-electron chi connectivity index (χ2n) is 4.55. The van der Waals surface area contributed by atoms with Crippen LogP contribution in [0.5, 0.6) is 0 Å². The molecule has 0 fully saturated rings. The topological polar surface area (TPSA) is 94.3 Å². The van der Waals surface area contributed by atoms with Crippen molar-refractivity contribution < 1.29 is 30.0 Å². The van der Waals surface area contributed by atoms with Crippen LogP contribution in [-0.2, 0) is 25.9 Å². The van der Waals surface area contributed by atoms with Gasteiger partial charge < -0.3 is 5.73 Å². The summed E-state index contributed by atoms with van der Waals surface area (Å²) in [6, 6.07) is 1.96. The van der Waals surface area contributed by atoms with Gasteiger partial charge in [0.05, 0.1) is 27.7 Å². The zero-order valence-electron chi connectivity index (χ0n) is 11.0. The Kier molecular flexibility index (Phi) is 4.94. The molecular formula is C11H14F3NO4S2. The van der Waals surface area contributed by atoms with E-state index in [2.05, 4.69) is 0 Å². The summed E-state index contributed by atoms with van der Waals surface area (Å²) in [4.78, 5) is -0.427. The summed E-state index contributed by atoms with van der Waals surface area (Å²) in [5.41, 5.74) is 3.81. The largest absolute Gasteiger partial charge is 0.416 e. The Morgan fingerprint density at radius 3 is 2.10 bits per heavy atom. The van der Waals surface area contributed by atoms with Crippen LogP contribution in [-0.4, -0.2) is 34.6 Å². The molecule has 0 heterocycles. The number of anilines is 1. The second kappa shape index (κ2) is 5.84. The highest BCUT2D eigenvalue weighted by Crippen LogP contribution is 2.32. The third-order valence-corrected chi connectivity index (χ3v) is 5.50. The number of benzene rings is 1. The molecule has 0 amide bonds. The van der Waals surface area contributed by atoms with E-state index in [0.29, 0.717) is 12.1 Å². The molecule has 0 bridgehead atoms. The van der Waals surface area contributed by atoms with Gasteiger partial charge in [0.1, 0.15) is 9.84 Å². The van der Waals surface area contributed by atoms with Crippen molar-refractivity contribution >= 4 is 25.4 Å². The standard InChI is InChI=1S/C11H14F3NO4S2/c1-20(16,17)5-2-6-21(18,19)10-4-3-8(7-9(10)15)11(12,13)14/h3-4,7H,2,5-6,15H2,1H3. The van der Waals surface area contributed by atoms with E-state index >= 15 is 0 Å². The Morgan fingerprint density at radius 2 is 1.67 bits per heavy atom. The van der Waals surface area contributed by atoms with Crippen molar-refractivity contribution in [1.82, 2.24) is 0 Å². The third kappa shape index (κ3) is 5.20. The Hall–Kier alpha value is -1.29. The van der Waals surface area contributed by atoms with Crippen LogP contribution < -0.4 is 5.73 Å². The highest BCUT2D eigenvalue weighted by molar-refractivity contribution is 7.92. The second-order valence-corrected chi connectivity index (χ2v) is 8.89. The number of sulfone groups is 2. The zero-order valence-corrected chi connectivity index (χ0v) is 12.6. The average molecular weight is 345 g/mol. The summed E-state index contributed by atoms with van der Waals surface area (Å²) in [5.74, 6) is -0.831. The average Bonchev–Trinajstić information content (AvgIpc) is 2.24. The summed E-state index contributed by atoms with van der Waals surface area (Å²) in [5, 5.41) is 0. The van der Waals surface area contributed by atoms with E-state index < -0.39 is 47.7 Å². The van der Waals surface area contributed by atoms with Gasteiger partial charge in [-0.1, -0.05) is 0 Å². The van der Waals surface area contributed by atoms with Crippen LogP contribution in [0, 0.1) is 0 Å². The SMILES string of the molecule is CS(=O)(=O)CCCS(=O)(=O)c1ccc(C(F)(F)F)cc1N. The highest BCUT2D eigenvalue weighted by Gasteiger charge is 2.31. The molecular weight excluding hydrogens is 331 g/mol. The lowest BCUT2D eigenvalue weighted by Crippen LogP contribution is -2.14. The summed E-state index contributed by atoms with van der Waals surface area (Å²) >= 11 is 0. The van der Waals surface area contributed by atoms with Gasteiger partial charge in [-0.05, 0) is 24.6 Å². The van der Waals surface area contributed by atoms with Crippen LogP contribution >= 0.6 is 0 Å². The van der Waals surface area contributed by atoms with Gasteiger partial charge in [-0.25, -0.2) is 16.8 Å². The Labute approximate surface area is 120 Å². The quantitative estimate of drug-likeness (QED) is 0.816. The third-order valence-electron chi connectivity index (χ3n) is 2.60. The molecule has 0 aromatic heterocycles. The lowest BCUT2D eigenvalue weighted by Gasteiger charge is -2.11. The minimum atomic E-state index is -4.62. The molecule has 5 nitrogen and oxygen atoms in total. The van der Waals surface area contributed by atoms with E-state index in [4.69, 9.17) is 5.73 Å². The van der Waals surface area contributed by atoms with Crippen molar-refractivity contribution in [3.63, 3.8) is 0 Å². The van der Waals surface area contributed by atoms with Crippen molar-refractivity contribution in [2.75, 3.05) is 23.5 Å². The lowest BCUT2D eigenvalue weighted by molar-refractivity contribution is -0.137. The molecule has 0 aliphatic rings. The van der Waals surface area contributed by atoms with Crippen molar-refractivity contribution in [2.45, 2.75) is 17.5 Å². The normalized spacial score (nSPS) is 13.3. The molecule has 0 saturated carbocycles. The Balaban J connectivity index is 2.99. The van der Waals surface area contributed by atoms with E-state index in [-0.39, 0.29) is 12.2 Å². The molecule has 0 atom stereocenters.